The fourth-order valence-electron chi connectivity index (χ4n) is 9.29. The van der Waals surface area contributed by atoms with Crippen LogP contribution >= 0.6 is 11.6 Å². The Labute approximate surface area is 273 Å². The van der Waals surface area contributed by atoms with Gasteiger partial charge in [-0.15, -0.1) is 0 Å². The van der Waals surface area contributed by atoms with Crippen LogP contribution in [0.25, 0.3) is 32.9 Å². The van der Waals surface area contributed by atoms with Gasteiger partial charge in [0.1, 0.15) is 29.5 Å². The van der Waals surface area contributed by atoms with E-state index in [9.17, 15) is 4.39 Å². The minimum Gasteiger partial charge on any atom is -0.461 e. The number of aromatic nitrogens is 3. The molecule has 2 aromatic carbocycles. The number of anilines is 2. The second kappa shape index (κ2) is 10.0. The third-order valence-corrected chi connectivity index (χ3v) is 11.6. The van der Waals surface area contributed by atoms with Crippen molar-refractivity contribution >= 4 is 44.8 Å². The van der Waals surface area contributed by atoms with Crippen molar-refractivity contribution in [2.24, 2.45) is 5.92 Å². The topological polar surface area (TPSA) is 92.4 Å². The average molecular weight is 668 g/mol. The molecule has 4 atom stereocenters. The lowest BCUT2D eigenvalue weighted by Gasteiger charge is -2.48. The molecule has 0 unspecified atom stereocenters. The van der Waals surface area contributed by atoms with Gasteiger partial charge in [-0.3, -0.25) is 4.90 Å². The number of piperazine rings is 1. The Morgan fingerprint density at radius 3 is 2.62 bits per heavy atom. The van der Waals surface area contributed by atoms with E-state index in [4.69, 9.17) is 32.0 Å². The summed E-state index contributed by atoms with van der Waals surface area (Å²) in [4.78, 5) is 18.3. The molecule has 8 nitrogen and oxygen atoms in total. The summed E-state index contributed by atoms with van der Waals surface area (Å²) in [6, 6.07) is 5.03. The number of nitrogens with zero attached hydrogens (tertiary/aromatic N) is 5. The van der Waals surface area contributed by atoms with E-state index >= 15 is 13.2 Å². The molecule has 2 bridgehead atoms. The average Bonchev–Trinajstić information content (AvgIpc) is 3.66. The Morgan fingerprint density at radius 2 is 1.83 bits per heavy atom. The maximum Gasteiger partial charge on any atom is 0.319 e. The second-order valence-electron chi connectivity index (χ2n) is 14.2. The van der Waals surface area contributed by atoms with Crippen molar-refractivity contribution in [3.8, 4) is 17.3 Å². The normalized spacial score (nSPS) is 29.4. The number of ether oxygens (including phenoxy) is 1. The van der Waals surface area contributed by atoms with Crippen LogP contribution in [0.5, 0.6) is 6.01 Å². The van der Waals surface area contributed by atoms with Gasteiger partial charge in [-0.2, -0.15) is 9.97 Å². The molecule has 9 rings (SSSR count). The number of fused-ring (bicyclic) bond motifs is 7. The fourth-order valence-corrected chi connectivity index (χ4v) is 9.56. The van der Waals surface area contributed by atoms with Gasteiger partial charge in [0.05, 0.1) is 34.2 Å². The van der Waals surface area contributed by atoms with Gasteiger partial charge in [0.25, 0.3) is 0 Å². The first-order valence-electron chi connectivity index (χ1n) is 16.4. The number of hydrogen-bond acceptors (Lipinski definition) is 8. The number of nitrogen functional groups attached to an aromatic ring is 1. The van der Waals surface area contributed by atoms with Crippen molar-refractivity contribution in [2.75, 3.05) is 36.9 Å². The number of rotatable bonds is 4. The Morgan fingerprint density at radius 1 is 1.04 bits per heavy atom. The number of nitrogens with two attached hydrogens (primary N) is 1. The lowest BCUT2D eigenvalue weighted by atomic mass is 9.87. The summed E-state index contributed by atoms with van der Waals surface area (Å²) in [5, 5.41) is 3.51. The molecular formula is C34H34ClF4N7O. The lowest BCUT2D eigenvalue weighted by molar-refractivity contribution is -0.00286. The van der Waals surface area contributed by atoms with E-state index in [1.807, 2.05) is 6.92 Å². The van der Waals surface area contributed by atoms with Crippen LogP contribution in [0.4, 0.5) is 29.1 Å². The highest BCUT2D eigenvalue weighted by Gasteiger charge is 2.62. The van der Waals surface area contributed by atoms with Crippen LogP contribution in [0.1, 0.15) is 51.1 Å². The monoisotopic (exact) mass is 667 g/mol. The zero-order valence-electron chi connectivity index (χ0n) is 25.9. The van der Waals surface area contributed by atoms with E-state index in [2.05, 4.69) is 15.2 Å². The van der Waals surface area contributed by atoms with Gasteiger partial charge < -0.3 is 15.4 Å². The summed E-state index contributed by atoms with van der Waals surface area (Å²) >= 11 is 6.48. The summed E-state index contributed by atoms with van der Waals surface area (Å²) in [7, 11) is 0. The molecule has 5 aliphatic heterocycles. The van der Waals surface area contributed by atoms with Crippen molar-refractivity contribution in [3.63, 3.8) is 0 Å². The van der Waals surface area contributed by atoms with Crippen molar-refractivity contribution in [1.29, 1.82) is 0 Å². The van der Waals surface area contributed by atoms with Gasteiger partial charge in [0.15, 0.2) is 17.4 Å². The van der Waals surface area contributed by atoms with E-state index in [1.165, 1.54) is 18.2 Å². The van der Waals surface area contributed by atoms with Crippen molar-refractivity contribution < 1.29 is 22.3 Å². The van der Waals surface area contributed by atoms with Crippen LogP contribution in [-0.4, -0.2) is 69.3 Å². The molecule has 4 fully saturated rings. The quantitative estimate of drug-likeness (QED) is 0.146. The number of benzene rings is 2. The Balaban J connectivity index is 1.28. The standard InChI is InChI=1S/C34H34ClF4N7O/c1-17-12-22-24-28(26(37)27(41-22)20-14-19(40)13-18-4-5-21(36)25(35)23(18)20)42-31(47-16-32-6-2-10-45(32)11-3-7-32)43-30(24)46-15-33(38)8-9-34(39,44-33)29(17)46/h4-5,13-14,17,29,44H,2-3,6-12,15-16,40H2,1H3/t17-,29-,33+,34-/m0/s1. The minimum absolute atomic E-state index is 0.00628. The highest BCUT2D eigenvalue weighted by Crippen LogP contribution is 2.51. The van der Waals surface area contributed by atoms with Gasteiger partial charge in [0, 0.05) is 29.5 Å². The summed E-state index contributed by atoms with van der Waals surface area (Å²) < 4.78 is 70.8. The third kappa shape index (κ3) is 4.29. The fraction of sp³-hybridized carbons (Fsp3) is 0.500. The SMILES string of the molecule is C[C@H]1Cc2nc(-c3cc(N)cc4ccc(F)c(Cl)c34)c(F)c3nc(OCC45CCCN4CCC5)nc(c23)N2C[C@@]3(F)CC[C@](F)(N3)[C@H]12. The van der Waals surface area contributed by atoms with Crippen LogP contribution in [0, 0.1) is 17.6 Å². The van der Waals surface area contributed by atoms with E-state index in [-0.39, 0.29) is 81.7 Å². The zero-order valence-corrected chi connectivity index (χ0v) is 26.6. The highest BCUT2D eigenvalue weighted by atomic mass is 35.5. The van der Waals surface area contributed by atoms with Gasteiger partial charge >= 0.3 is 6.01 Å². The molecule has 7 heterocycles. The molecule has 4 aromatic rings. The van der Waals surface area contributed by atoms with Crippen LogP contribution < -0.4 is 20.7 Å². The van der Waals surface area contributed by atoms with Crippen LogP contribution in [0.15, 0.2) is 24.3 Å². The van der Waals surface area contributed by atoms with Crippen LogP contribution in [0.3, 0.4) is 0 Å². The molecule has 0 radical (unpaired) electrons. The van der Waals surface area contributed by atoms with E-state index in [0.29, 0.717) is 23.4 Å². The number of nitrogens with one attached hydrogen (secondary N) is 1. The van der Waals surface area contributed by atoms with E-state index < -0.39 is 29.3 Å². The first-order valence-corrected chi connectivity index (χ1v) is 16.7. The smallest absolute Gasteiger partial charge is 0.319 e. The van der Waals surface area contributed by atoms with Gasteiger partial charge in [-0.25, -0.2) is 27.9 Å². The zero-order chi connectivity index (χ0) is 32.5. The van der Waals surface area contributed by atoms with Crippen molar-refractivity contribution in [3.05, 3.63) is 46.6 Å². The molecular weight excluding hydrogens is 634 g/mol. The largest absolute Gasteiger partial charge is 0.461 e. The van der Waals surface area contributed by atoms with E-state index in [1.54, 1.807) is 11.0 Å². The Hall–Kier alpha value is -3.48. The highest BCUT2D eigenvalue weighted by molar-refractivity contribution is 6.37. The third-order valence-electron chi connectivity index (χ3n) is 11.3. The lowest BCUT2D eigenvalue weighted by Crippen LogP contribution is -2.69. The van der Waals surface area contributed by atoms with Crippen LogP contribution in [-0.2, 0) is 6.42 Å². The molecule has 0 aliphatic carbocycles. The van der Waals surface area contributed by atoms with E-state index in [0.717, 1.165) is 38.8 Å². The van der Waals surface area contributed by atoms with Crippen molar-refractivity contribution in [2.45, 2.75) is 75.0 Å². The van der Waals surface area contributed by atoms with Gasteiger partial charge in [-0.1, -0.05) is 24.6 Å². The van der Waals surface area contributed by atoms with Gasteiger partial charge in [0.2, 0.25) is 0 Å². The molecule has 0 amide bonds. The Bertz CT molecular complexity index is 1990. The molecule has 5 aliphatic rings. The number of hydrogen-bond donors (Lipinski definition) is 2. The predicted molar refractivity (Wildman–Crippen MR) is 172 cm³/mol. The first kappa shape index (κ1) is 29.6. The molecule has 3 N–H and O–H groups in total. The summed E-state index contributed by atoms with van der Waals surface area (Å²) in [5.74, 6) is -5.66. The molecule has 246 valence electrons. The summed E-state index contributed by atoms with van der Waals surface area (Å²) in [6.45, 7) is 4.02. The maximum absolute atomic E-state index is 17.1. The number of alkyl halides is 2. The molecule has 4 saturated heterocycles. The number of halogens is 5. The summed E-state index contributed by atoms with van der Waals surface area (Å²) in [5.41, 5.74) is 6.84. The second-order valence-corrected chi connectivity index (χ2v) is 14.6. The molecule has 2 aromatic heterocycles. The molecule has 0 spiro atoms. The molecule has 47 heavy (non-hydrogen) atoms. The number of pyridine rings is 1. The Kier molecular flexibility index (Phi) is 6.32. The minimum atomic E-state index is -2.03. The van der Waals surface area contributed by atoms with Gasteiger partial charge in [-0.05, 0) is 74.7 Å². The maximum atomic E-state index is 17.1. The molecule has 0 saturated carbocycles. The molecule has 13 heteroatoms. The van der Waals surface area contributed by atoms with Crippen molar-refractivity contribution in [1.82, 2.24) is 25.2 Å². The van der Waals surface area contributed by atoms with Crippen LogP contribution in [0.2, 0.25) is 5.02 Å². The first-order chi connectivity index (χ1) is 22.5. The predicted octanol–water partition coefficient (Wildman–Crippen LogP) is 6.46. The summed E-state index contributed by atoms with van der Waals surface area (Å²) in [6.07, 6.45) is 4.32.